The molecule has 3 aliphatic rings. The molecule has 12 nitrogen and oxygen atoms in total. The number of ether oxygens (including phenoxy) is 7. The van der Waals surface area contributed by atoms with E-state index in [0.29, 0.717) is 84.1 Å². The van der Waals surface area contributed by atoms with Gasteiger partial charge in [0.1, 0.15) is 17.8 Å². The zero-order chi connectivity index (χ0) is 36.1. The maximum Gasteiger partial charge on any atom is 0.343 e. The Kier molecular flexibility index (Phi) is 15.5. The smallest absolute Gasteiger partial charge is 0.343 e. The fourth-order valence-electron chi connectivity index (χ4n) is 6.93. The monoisotopic (exact) mass is 704 g/mol. The van der Waals surface area contributed by atoms with Crippen molar-refractivity contribution in [3.05, 3.63) is 40.1 Å². The molecule has 1 aromatic rings. The molecule has 0 radical (unpaired) electrons. The zero-order valence-corrected chi connectivity index (χ0v) is 31.2. The van der Waals surface area contributed by atoms with Gasteiger partial charge in [-0.05, 0) is 83.9 Å². The quantitative estimate of drug-likeness (QED) is 0.164. The highest BCUT2D eigenvalue weighted by Gasteiger charge is 2.51. The molecule has 0 unspecified atom stereocenters. The van der Waals surface area contributed by atoms with Crippen molar-refractivity contribution >= 4 is 17.5 Å². The molecule has 2 fully saturated rings. The van der Waals surface area contributed by atoms with Crippen LogP contribution in [0.15, 0.2) is 17.9 Å². The average molecular weight is 705 g/mol. The average Bonchev–Trinajstić information content (AvgIpc) is 3.28. The molecule has 2 aliphatic heterocycles. The van der Waals surface area contributed by atoms with Crippen molar-refractivity contribution < 1.29 is 47.9 Å². The lowest BCUT2D eigenvalue weighted by Gasteiger charge is -2.35. The first-order chi connectivity index (χ1) is 23.9. The van der Waals surface area contributed by atoms with Gasteiger partial charge in [-0.2, -0.15) is 0 Å². The number of hydrogen-bond acceptors (Lipinski definition) is 12. The molecule has 1 saturated heterocycles. The van der Waals surface area contributed by atoms with E-state index in [0.717, 1.165) is 61.5 Å². The number of hydrogen-bond donors (Lipinski definition) is 1. The highest BCUT2D eigenvalue weighted by Crippen LogP contribution is 2.46. The highest BCUT2D eigenvalue weighted by molar-refractivity contribution is 6.20. The molecular weight excluding hydrogens is 644 g/mol. The van der Waals surface area contributed by atoms with E-state index in [1.807, 2.05) is 53.7 Å². The van der Waals surface area contributed by atoms with E-state index in [2.05, 4.69) is 9.80 Å². The number of rotatable bonds is 19. The maximum absolute atomic E-state index is 13.0. The Bertz CT molecular complexity index is 1250. The molecule has 0 amide bonds. The van der Waals surface area contributed by atoms with Gasteiger partial charge in [0.05, 0.1) is 59.0 Å². The standard InChI is InChI=1S/C38H60N2O10/c1-28-25-29(2)33(30(3)26-28)34-35(42)38(50-36(34)43)9-7-31(8-10-38)48-24-23-45-18-16-40-13-11-39(12-14-40)15-17-44-19-20-46-21-22-47-27-32(41)49-37(4,5)6/h25-26,31,42H,7-24,27H2,1-6H3. The lowest BCUT2D eigenvalue weighted by atomic mass is 9.80. The fourth-order valence-corrected chi connectivity index (χ4v) is 6.93. The van der Waals surface area contributed by atoms with Crippen molar-refractivity contribution in [1.82, 2.24) is 9.80 Å². The first-order valence-corrected chi connectivity index (χ1v) is 18.2. The van der Waals surface area contributed by atoms with E-state index in [-0.39, 0.29) is 24.4 Å². The predicted octanol–water partition coefficient (Wildman–Crippen LogP) is 4.16. The molecule has 1 saturated carbocycles. The van der Waals surface area contributed by atoms with Gasteiger partial charge in [-0.25, -0.2) is 9.59 Å². The number of aryl methyl sites for hydroxylation is 3. The summed E-state index contributed by atoms with van der Waals surface area (Å²) in [7, 11) is 0. The van der Waals surface area contributed by atoms with E-state index in [9.17, 15) is 14.7 Å². The summed E-state index contributed by atoms with van der Waals surface area (Å²) in [5.41, 5.74) is 2.72. The van der Waals surface area contributed by atoms with E-state index in [1.54, 1.807) is 0 Å². The summed E-state index contributed by atoms with van der Waals surface area (Å²) in [4.78, 5) is 29.4. The Morgan fingerprint density at radius 2 is 1.32 bits per heavy atom. The molecule has 50 heavy (non-hydrogen) atoms. The number of piperazine rings is 1. The summed E-state index contributed by atoms with van der Waals surface area (Å²) in [6.07, 6.45) is 2.59. The molecule has 0 aromatic heterocycles. The highest BCUT2D eigenvalue weighted by atomic mass is 16.6. The summed E-state index contributed by atoms with van der Waals surface area (Å²) in [5, 5.41) is 11.3. The third-order valence-corrected chi connectivity index (χ3v) is 9.36. The van der Waals surface area contributed by atoms with Crippen LogP contribution in [-0.4, -0.2) is 143 Å². The van der Waals surface area contributed by atoms with Crippen molar-refractivity contribution in [2.24, 2.45) is 0 Å². The van der Waals surface area contributed by atoms with Gasteiger partial charge in [0, 0.05) is 39.3 Å². The molecule has 1 aromatic carbocycles. The minimum atomic E-state index is -0.942. The lowest BCUT2D eigenvalue weighted by Crippen LogP contribution is -2.48. The van der Waals surface area contributed by atoms with Gasteiger partial charge in [0.15, 0.2) is 11.4 Å². The second kappa shape index (κ2) is 19.3. The summed E-state index contributed by atoms with van der Waals surface area (Å²) in [6, 6.07) is 4.07. The van der Waals surface area contributed by atoms with Gasteiger partial charge in [0.2, 0.25) is 0 Å². The summed E-state index contributed by atoms with van der Waals surface area (Å²) < 4.78 is 39.5. The Morgan fingerprint density at radius 3 is 1.86 bits per heavy atom. The van der Waals surface area contributed by atoms with Crippen molar-refractivity contribution in [1.29, 1.82) is 0 Å². The molecule has 282 valence electrons. The van der Waals surface area contributed by atoms with Crippen LogP contribution in [0.1, 0.15) is 68.7 Å². The Labute approximate surface area is 298 Å². The van der Waals surface area contributed by atoms with Crippen LogP contribution < -0.4 is 0 Å². The number of carbonyl (C=O) groups excluding carboxylic acids is 2. The Morgan fingerprint density at radius 1 is 0.820 bits per heavy atom. The second-order valence-corrected chi connectivity index (χ2v) is 14.6. The van der Waals surface area contributed by atoms with Crippen molar-refractivity contribution in [3.8, 4) is 0 Å². The molecule has 0 bridgehead atoms. The van der Waals surface area contributed by atoms with Crippen LogP contribution in [-0.2, 0) is 42.7 Å². The summed E-state index contributed by atoms with van der Waals surface area (Å²) in [5.74, 6) is -0.730. The van der Waals surface area contributed by atoms with Crippen LogP contribution in [0.2, 0.25) is 0 Å². The van der Waals surface area contributed by atoms with Crippen molar-refractivity contribution in [2.45, 2.75) is 84.5 Å². The third kappa shape index (κ3) is 12.3. The first-order valence-electron chi connectivity index (χ1n) is 18.2. The van der Waals surface area contributed by atoms with Gasteiger partial charge in [-0.1, -0.05) is 17.7 Å². The fraction of sp³-hybridized carbons (Fsp3) is 0.737. The molecular formula is C38H60N2O10. The van der Waals surface area contributed by atoms with E-state index in [1.165, 1.54) is 0 Å². The van der Waals surface area contributed by atoms with Gasteiger partial charge in [0.25, 0.3) is 0 Å². The number of carbonyl (C=O) groups is 2. The minimum Gasteiger partial charge on any atom is -0.507 e. The second-order valence-electron chi connectivity index (χ2n) is 14.6. The van der Waals surface area contributed by atoms with Crippen LogP contribution in [0.25, 0.3) is 5.57 Å². The molecule has 4 rings (SSSR count). The van der Waals surface area contributed by atoms with Gasteiger partial charge in [-0.3, -0.25) is 9.80 Å². The van der Waals surface area contributed by atoms with E-state index in [4.69, 9.17) is 33.2 Å². The normalized spacial score (nSPS) is 22.0. The minimum absolute atomic E-state index is 0.0593. The summed E-state index contributed by atoms with van der Waals surface area (Å²) in [6.45, 7) is 21.4. The number of aliphatic hydroxyl groups is 1. The van der Waals surface area contributed by atoms with Gasteiger partial charge >= 0.3 is 11.9 Å². The predicted molar refractivity (Wildman–Crippen MR) is 189 cm³/mol. The molecule has 2 heterocycles. The van der Waals surface area contributed by atoms with E-state index < -0.39 is 17.2 Å². The number of esters is 2. The Hall–Kier alpha value is -2.58. The van der Waals surface area contributed by atoms with Crippen molar-refractivity contribution in [3.63, 3.8) is 0 Å². The van der Waals surface area contributed by atoms with Crippen LogP contribution >= 0.6 is 0 Å². The summed E-state index contributed by atoms with van der Waals surface area (Å²) >= 11 is 0. The van der Waals surface area contributed by atoms with Gasteiger partial charge < -0.3 is 38.3 Å². The number of nitrogens with zero attached hydrogens (tertiary/aromatic N) is 2. The lowest BCUT2D eigenvalue weighted by molar-refractivity contribution is -0.160. The number of benzene rings is 1. The molecule has 1 spiro atoms. The number of aliphatic hydroxyl groups excluding tert-OH is 1. The van der Waals surface area contributed by atoms with Crippen molar-refractivity contribution in [2.75, 3.05) is 98.7 Å². The topological polar surface area (TPSA) is 125 Å². The first kappa shape index (κ1) is 40.2. The van der Waals surface area contributed by atoms with E-state index >= 15 is 0 Å². The molecule has 1 N–H and O–H groups in total. The maximum atomic E-state index is 13.0. The largest absolute Gasteiger partial charge is 0.507 e. The van der Waals surface area contributed by atoms with Gasteiger partial charge in [-0.15, -0.1) is 0 Å². The van der Waals surface area contributed by atoms with Crippen LogP contribution in [0.5, 0.6) is 0 Å². The zero-order valence-electron chi connectivity index (χ0n) is 31.2. The molecule has 0 atom stereocenters. The third-order valence-electron chi connectivity index (χ3n) is 9.36. The van der Waals surface area contributed by atoms with Crippen LogP contribution in [0.4, 0.5) is 0 Å². The Balaban J connectivity index is 0.976. The van der Waals surface area contributed by atoms with Crippen LogP contribution in [0.3, 0.4) is 0 Å². The SMILES string of the molecule is Cc1cc(C)c(C2=C(O)C3(CCC(OCCOCCN4CCN(CCOCCOCCOCC(=O)OC(C)(C)C)CC4)CC3)OC2=O)c(C)c1. The molecule has 12 heteroatoms. The molecule has 1 aliphatic carbocycles. The van der Waals surface area contributed by atoms with Crippen LogP contribution in [0, 0.1) is 20.8 Å².